The SMILES string of the molecule is CN(C)c1c(Cl)cccc1NC1CCCC(C)(C)C1. The average Bonchev–Trinajstić information content (AvgIpc) is 2.26. The number of nitrogens with one attached hydrogen (secondary N) is 1. The van der Waals surface area contributed by atoms with E-state index in [-0.39, 0.29) is 0 Å². The molecule has 3 heteroatoms. The van der Waals surface area contributed by atoms with Crippen molar-refractivity contribution < 1.29 is 0 Å². The molecule has 0 spiro atoms. The fraction of sp³-hybridized carbons (Fsp3) is 0.625. The number of anilines is 2. The van der Waals surface area contributed by atoms with Crippen molar-refractivity contribution in [2.24, 2.45) is 5.41 Å². The summed E-state index contributed by atoms with van der Waals surface area (Å²) in [6.07, 6.45) is 5.12. The third kappa shape index (κ3) is 3.56. The highest BCUT2D eigenvalue weighted by Crippen LogP contribution is 2.39. The van der Waals surface area contributed by atoms with Gasteiger partial charge in [-0.1, -0.05) is 37.9 Å². The van der Waals surface area contributed by atoms with Crippen LogP contribution in [0.3, 0.4) is 0 Å². The third-order valence-electron chi connectivity index (χ3n) is 4.00. The van der Waals surface area contributed by atoms with Crippen molar-refractivity contribution in [3.05, 3.63) is 23.2 Å². The van der Waals surface area contributed by atoms with E-state index >= 15 is 0 Å². The number of halogens is 1. The number of benzene rings is 1. The Hall–Kier alpha value is -0.890. The summed E-state index contributed by atoms with van der Waals surface area (Å²) < 4.78 is 0. The van der Waals surface area contributed by atoms with Gasteiger partial charge in [-0.3, -0.25) is 0 Å². The minimum absolute atomic E-state index is 0.451. The quantitative estimate of drug-likeness (QED) is 0.857. The zero-order chi connectivity index (χ0) is 14.0. The molecule has 19 heavy (non-hydrogen) atoms. The van der Waals surface area contributed by atoms with Crippen LogP contribution in [-0.2, 0) is 0 Å². The molecule has 2 nitrogen and oxygen atoms in total. The van der Waals surface area contributed by atoms with E-state index in [1.54, 1.807) is 0 Å². The van der Waals surface area contributed by atoms with Gasteiger partial charge in [0.25, 0.3) is 0 Å². The Kier molecular flexibility index (Phi) is 4.29. The van der Waals surface area contributed by atoms with Crippen molar-refractivity contribution in [3.8, 4) is 0 Å². The van der Waals surface area contributed by atoms with Crippen molar-refractivity contribution in [1.82, 2.24) is 0 Å². The lowest BCUT2D eigenvalue weighted by Crippen LogP contribution is -2.32. The molecule has 0 amide bonds. The molecule has 1 atom stereocenters. The van der Waals surface area contributed by atoms with Gasteiger partial charge >= 0.3 is 0 Å². The first kappa shape index (κ1) is 14.5. The fourth-order valence-corrected chi connectivity index (χ4v) is 3.47. The number of hydrogen-bond acceptors (Lipinski definition) is 2. The van der Waals surface area contributed by atoms with E-state index < -0.39 is 0 Å². The van der Waals surface area contributed by atoms with Crippen LogP contribution in [0.1, 0.15) is 39.5 Å². The highest BCUT2D eigenvalue weighted by Gasteiger charge is 2.28. The van der Waals surface area contributed by atoms with Crippen LogP contribution < -0.4 is 10.2 Å². The van der Waals surface area contributed by atoms with E-state index in [0.29, 0.717) is 11.5 Å². The standard InChI is InChI=1S/C16H25ClN2/c1-16(2)10-6-7-12(11-16)18-14-9-5-8-13(17)15(14)19(3)4/h5,8-9,12,18H,6-7,10-11H2,1-4H3. The van der Waals surface area contributed by atoms with Crippen molar-refractivity contribution in [1.29, 1.82) is 0 Å². The Morgan fingerprint density at radius 1 is 1.32 bits per heavy atom. The summed E-state index contributed by atoms with van der Waals surface area (Å²) in [5.41, 5.74) is 2.69. The third-order valence-corrected chi connectivity index (χ3v) is 4.30. The van der Waals surface area contributed by atoms with Crippen molar-refractivity contribution in [2.75, 3.05) is 24.3 Å². The first-order valence-corrected chi connectivity index (χ1v) is 7.49. The molecular weight excluding hydrogens is 256 g/mol. The predicted octanol–water partition coefficient (Wildman–Crippen LogP) is 4.79. The molecule has 1 aliphatic carbocycles. The molecule has 1 aromatic rings. The molecule has 1 fully saturated rings. The minimum atomic E-state index is 0.451. The van der Waals surface area contributed by atoms with Gasteiger partial charge in [0.2, 0.25) is 0 Å². The van der Waals surface area contributed by atoms with E-state index in [0.717, 1.165) is 16.4 Å². The molecule has 1 aromatic carbocycles. The monoisotopic (exact) mass is 280 g/mol. The van der Waals surface area contributed by atoms with E-state index in [9.17, 15) is 0 Å². The number of para-hydroxylation sites is 1. The van der Waals surface area contributed by atoms with Crippen molar-refractivity contribution in [2.45, 2.75) is 45.6 Å². The molecule has 0 heterocycles. The molecule has 1 aliphatic rings. The molecule has 1 N–H and O–H groups in total. The van der Waals surface area contributed by atoms with E-state index in [1.807, 2.05) is 26.2 Å². The van der Waals surface area contributed by atoms with Crippen LogP contribution in [0.4, 0.5) is 11.4 Å². The second kappa shape index (κ2) is 5.62. The lowest BCUT2D eigenvalue weighted by molar-refractivity contribution is 0.229. The zero-order valence-electron chi connectivity index (χ0n) is 12.5. The van der Waals surface area contributed by atoms with Crippen LogP contribution in [0.25, 0.3) is 0 Å². The first-order chi connectivity index (χ1) is 8.89. The van der Waals surface area contributed by atoms with Crippen LogP contribution in [0, 0.1) is 5.41 Å². The molecule has 106 valence electrons. The minimum Gasteiger partial charge on any atom is -0.381 e. The van der Waals surface area contributed by atoms with Crippen LogP contribution in [0.2, 0.25) is 5.02 Å². The molecule has 0 aromatic heterocycles. The Morgan fingerprint density at radius 3 is 2.68 bits per heavy atom. The van der Waals surface area contributed by atoms with E-state index in [2.05, 4.69) is 30.1 Å². The largest absolute Gasteiger partial charge is 0.381 e. The van der Waals surface area contributed by atoms with E-state index in [1.165, 1.54) is 25.7 Å². The number of nitrogens with zero attached hydrogens (tertiary/aromatic N) is 1. The van der Waals surface area contributed by atoms with Crippen LogP contribution in [0.15, 0.2) is 18.2 Å². The highest BCUT2D eigenvalue weighted by molar-refractivity contribution is 6.34. The average molecular weight is 281 g/mol. The summed E-state index contributed by atoms with van der Waals surface area (Å²) in [4.78, 5) is 2.08. The fourth-order valence-electron chi connectivity index (χ4n) is 3.13. The van der Waals surface area contributed by atoms with Crippen molar-refractivity contribution >= 4 is 23.0 Å². The highest BCUT2D eigenvalue weighted by atomic mass is 35.5. The van der Waals surface area contributed by atoms with Gasteiger partial charge in [-0.05, 0) is 36.8 Å². The predicted molar refractivity (Wildman–Crippen MR) is 85.4 cm³/mol. The Bertz CT molecular complexity index is 440. The smallest absolute Gasteiger partial charge is 0.0786 e. The Labute approximate surface area is 122 Å². The molecule has 0 radical (unpaired) electrons. The molecule has 1 saturated carbocycles. The van der Waals surface area contributed by atoms with Gasteiger partial charge in [0, 0.05) is 20.1 Å². The van der Waals surface area contributed by atoms with Crippen LogP contribution >= 0.6 is 11.6 Å². The van der Waals surface area contributed by atoms with Gasteiger partial charge in [0.05, 0.1) is 16.4 Å². The molecule has 0 bridgehead atoms. The van der Waals surface area contributed by atoms with Gasteiger partial charge in [0.1, 0.15) is 0 Å². The van der Waals surface area contributed by atoms with Gasteiger partial charge in [-0.15, -0.1) is 0 Å². The normalized spacial score (nSPS) is 22.1. The Morgan fingerprint density at radius 2 is 2.05 bits per heavy atom. The molecule has 0 saturated heterocycles. The lowest BCUT2D eigenvalue weighted by Gasteiger charge is -2.36. The van der Waals surface area contributed by atoms with Gasteiger partial charge < -0.3 is 10.2 Å². The Balaban J connectivity index is 2.17. The van der Waals surface area contributed by atoms with E-state index in [4.69, 9.17) is 11.6 Å². The summed E-state index contributed by atoms with van der Waals surface area (Å²) in [6, 6.07) is 6.65. The molecule has 0 aliphatic heterocycles. The van der Waals surface area contributed by atoms with Gasteiger partial charge in [-0.25, -0.2) is 0 Å². The zero-order valence-corrected chi connectivity index (χ0v) is 13.2. The second-order valence-electron chi connectivity index (χ2n) is 6.63. The first-order valence-electron chi connectivity index (χ1n) is 7.11. The summed E-state index contributed by atoms with van der Waals surface area (Å²) in [5, 5.41) is 4.51. The van der Waals surface area contributed by atoms with Crippen molar-refractivity contribution in [3.63, 3.8) is 0 Å². The maximum Gasteiger partial charge on any atom is 0.0786 e. The maximum absolute atomic E-state index is 6.32. The molecule has 1 unspecified atom stereocenters. The summed E-state index contributed by atoms with van der Waals surface area (Å²) in [6.45, 7) is 4.73. The van der Waals surface area contributed by atoms with Gasteiger partial charge in [0.15, 0.2) is 0 Å². The number of rotatable bonds is 3. The number of hydrogen-bond donors (Lipinski definition) is 1. The maximum atomic E-state index is 6.32. The molecular formula is C16H25ClN2. The summed E-state index contributed by atoms with van der Waals surface area (Å²) in [5.74, 6) is 0. The van der Waals surface area contributed by atoms with Crippen LogP contribution in [-0.4, -0.2) is 20.1 Å². The summed E-state index contributed by atoms with van der Waals surface area (Å²) >= 11 is 6.32. The lowest BCUT2D eigenvalue weighted by atomic mass is 9.75. The summed E-state index contributed by atoms with van der Waals surface area (Å²) in [7, 11) is 4.08. The van der Waals surface area contributed by atoms with Gasteiger partial charge in [-0.2, -0.15) is 0 Å². The van der Waals surface area contributed by atoms with Crippen LogP contribution in [0.5, 0.6) is 0 Å². The second-order valence-corrected chi connectivity index (χ2v) is 7.04. The molecule has 2 rings (SSSR count). The topological polar surface area (TPSA) is 15.3 Å².